The van der Waals surface area contributed by atoms with Crippen LogP contribution in [0.3, 0.4) is 0 Å². The fourth-order valence-electron chi connectivity index (χ4n) is 5.29. The van der Waals surface area contributed by atoms with Crippen molar-refractivity contribution in [3.05, 3.63) is 42.7 Å². The number of rotatable bonds is 7. The first-order valence-electron chi connectivity index (χ1n) is 13.9. The van der Waals surface area contributed by atoms with Crippen LogP contribution in [0.15, 0.2) is 47.8 Å². The highest BCUT2D eigenvalue weighted by molar-refractivity contribution is 7.90. The predicted octanol–water partition coefficient (Wildman–Crippen LogP) is 3.48. The number of ether oxygens (including phenoxy) is 2. The van der Waals surface area contributed by atoms with Crippen LogP contribution in [0.4, 0.5) is 28.7 Å². The lowest BCUT2D eigenvalue weighted by molar-refractivity contribution is -0.114. The molecule has 1 amide bonds. The van der Waals surface area contributed by atoms with Crippen molar-refractivity contribution in [2.75, 3.05) is 59.5 Å². The van der Waals surface area contributed by atoms with Crippen LogP contribution < -0.4 is 20.4 Å². The Morgan fingerprint density at radius 3 is 2.40 bits per heavy atom. The van der Waals surface area contributed by atoms with Crippen LogP contribution in [-0.2, 0) is 24.1 Å². The summed E-state index contributed by atoms with van der Waals surface area (Å²) < 4.78 is 36.7. The molecule has 0 radical (unpaired) electrons. The van der Waals surface area contributed by atoms with Crippen molar-refractivity contribution in [3.63, 3.8) is 0 Å². The largest absolute Gasteiger partial charge is 0.377 e. The maximum atomic E-state index is 12.6. The minimum atomic E-state index is -3.61. The van der Waals surface area contributed by atoms with E-state index in [1.54, 1.807) is 18.3 Å². The molecule has 2 saturated heterocycles. The van der Waals surface area contributed by atoms with E-state index in [2.05, 4.69) is 44.2 Å². The van der Waals surface area contributed by atoms with Crippen LogP contribution in [0, 0.1) is 0 Å². The molecule has 2 N–H and O–H groups in total. The lowest BCUT2D eigenvalue weighted by Gasteiger charge is -2.36. The number of hydrogen-bond acceptors (Lipinski definition) is 11. The summed E-state index contributed by atoms with van der Waals surface area (Å²) in [5.41, 5.74) is 3.58. The molecule has 2 aliphatic rings. The lowest BCUT2D eigenvalue weighted by Crippen LogP contribution is -2.45. The first-order chi connectivity index (χ1) is 20.0. The molecular formula is C29H37N7O5S. The van der Waals surface area contributed by atoms with Crippen molar-refractivity contribution in [1.82, 2.24) is 15.0 Å². The maximum Gasteiger partial charge on any atom is 0.222 e. The molecule has 5 heterocycles. The van der Waals surface area contributed by atoms with E-state index in [1.165, 1.54) is 6.92 Å². The van der Waals surface area contributed by atoms with E-state index in [-0.39, 0.29) is 29.2 Å². The molecule has 3 atom stereocenters. The minimum Gasteiger partial charge on any atom is -0.377 e. The maximum absolute atomic E-state index is 12.6. The second-order valence-electron chi connectivity index (χ2n) is 10.9. The van der Waals surface area contributed by atoms with Gasteiger partial charge in [-0.1, -0.05) is 0 Å². The summed E-state index contributed by atoms with van der Waals surface area (Å²) in [4.78, 5) is 29.7. The van der Waals surface area contributed by atoms with Crippen molar-refractivity contribution in [2.24, 2.45) is 0 Å². The van der Waals surface area contributed by atoms with Crippen molar-refractivity contribution in [3.8, 4) is 11.3 Å². The molecule has 2 aliphatic heterocycles. The van der Waals surface area contributed by atoms with E-state index in [4.69, 9.17) is 14.5 Å². The third kappa shape index (κ3) is 6.97. The van der Waals surface area contributed by atoms with E-state index in [9.17, 15) is 13.2 Å². The molecule has 224 valence electrons. The molecule has 2 fully saturated rings. The third-order valence-corrected chi connectivity index (χ3v) is 8.11. The van der Waals surface area contributed by atoms with Crippen LogP contribution >= 0.6 is 0 Å². The molecule has 0 aliphatic carbocycles. The first-order valence-corrected chi connectivity index (χ1v) is 15.8. The van der Waals surface area contributed by atoms with Gasteiger partial charge in [-0.15, -0.1) is 0 Å². The Hall–Kier alpha value is -3.81. The van der Waals surface area contributed by atoms with Gasteiger partial charge in [0.1, 0.15) is 11.6 Å². The van der Waals surface area contributed by atoms with Crippen molar-refractivity contribution in [2.45, 2.75) is 51.0 Å². The topological polar surface area (TPSA) is 139 Å². The Bertz CT molecular complexity index is 1540. The second kappa shape index (κ2) is 12.2. The van der Waals surface area contributed by atoms with Gasteiger partial charge in [0, 0.05) is 68.4 Å². The van der Waals surface area contributed by atoms with Gasteiger partial charge in [-0.05, 0) is 39.0 Å². The highest BCUT2D eigenvalue weighted by atomic mass is 32.2. The van der Waals surface area contributed by atoms with Gasteiger partial charge in [0.15, 0.2) is 14.9 Å². The zero-order valence-electron chi connectivity index (χ0n) is 24.5. The highest BCUT2D eigenvalue weighted by Crippen LogP contribution is 2.33. The Morgan fingerprint density at radius 1 is 1.00 bits per heavy atom. The standard InChI is InChI=1S/C29H37N7O5S/c1-18-17-40-9-8-36(18)23-10-28(34-29(11-23)42(5,38)39)33-26-12-27(32-21(4)37)31-14-24(26)25-7-6-22(13-30-25)35-15-19(2)41-20(3)16-35/h6-7,10-14,18-20H,8-9,15-17H2,1-5H3,(H2,31,32,33,34,37)/t18-,19-,20+/m1/s1. The number of nitrogens with one attached hydrogen (secondary N) is 2. The van der Waals surface area contributed by atoms with Gasteiger partial charge in [0.25, 0.3) is 0 Å². The van der Waals surface area contributed by atoms with Crippen molar-refractivity contribution >= 4 is 44.4 Å². The van der Waals surface area contributed by atoms with Crippen LogP contribution in [0.2, 0.25) is 0 Å². The Balaban J connectivity index is 1.52. The van der Waals surface area contributed by atoms with Crippen LogP contribution in [0.1, 0.15) is 27.7 Å². The first kappa shape index (κ1) is 29.7. The average molecular weight is 596 g/mol. The molecule has 0 unspecified atom stereocenters. The number of nitrogens with zero attached hydrogens (tertiary/aromatic N) is 5. The Morgan fingerprint density at radius 2 is 1.76 bits per heavy atom. The number of morpholine rings is 2. The average Bonchev–Trinajstić information content (AvgIpc) is 2.92. The summed E-state index contributed by atoms with van der Waals surface area (Å²) in [6.45, 7) is 10.8. The lowest BCUT2D eigenvalue weighted by atomic mass is 10.1. The monoisotopic (exact) mass is 595 g/mol. The number of carbonyl (C=O) groups is 1. The van der Waals surface area contributed by atoms with E-state index < -0.39 is 9.84 Å². The van der Waals surface area contributed by atoms with Crippen LogP contribution in [-0.4, -0.2) is 86.6 Å². The number of amides is 1. The fraction of sp³-hybridized carbons (Fsp3) is 0.448. The predicted molar refractivity (Wildman–Crippen MR) is 162 cm³/mol. The number of carbonyl (C=O) groups excluding carboxylic acids is 1. The molecule has 0 spiro atoms. The van der Waals surface area contributed by atoms with Gasteiger partial charge in [-0.25, -0.2) is 18.4 Å². The van der Waals surface area contributed by atoms with Gasteiger partial charge in [-0.2, -0.15) is 0 Å². The molecular weight excluding hydrogens is 558 g/mol. The zero-order valence-corrected chi connectivity index (χ0v) is 25.3. The summed E-state index contributed by atoms with van der Waals surface area (Å²) in [5.74, 6) is 0.405. The number of pyridine rings is 3. The van der Waals surface area contributed by atoms with Crippen molar-refractivity contribution < 1.29 is 22.7 Å². The molecule has 0 saturated carbocycles. The summed E-state index contributed by atoms with van der Waals surface area (Å²) in [6, 6.07) is 9.08. The Labute approximate surface area is 246 Å². The molecule has 13 heteroatoms. The summed E-state index contributed by atoms with van der Waals surface area (Å²) in [5, 5.41) is 5.95. The summed E-state index contributed by atoms with van der Waals surface area (Å²) in [6.07, 6.45) is 4.83. The molecule has 42 heavy (non-hydrogen) atoms. The SMILES string of the molecule is CC(=O)Nc1cc(Nc2cc(N3CCOC[C@H]3C)cc(S(C)(=O)=O)n2)c(-c2ccc(N3C[C@@H](C)O[C@@H](C)C3)cn2)cn1. The van der Waals surface area contributed by atoms with Crippen LogP contribution in [0.5, 0.6) is 0 Å². The van der Waals surface area contributed by atoms with Crippen molar-refractivity contribution in [1.29, 1.82) is 0 Å². The van der Waals surface area contributed by atoms with E-state index in [0.29, 0.717) is 48.3 Å². The minimum absolute atomic E-state index is 0.0460. The number of anilines is 5. The molecule has 3 aromatic heterocycles. The van der Waals surface area contributed by atoms with Gasteiger partial charge < -0.3 is 29.9 Å². The molecule has 12 nitrogen and oxygen atoms in total. The van der Waals surface area contributed by atoms with E-state index in [0.717, 1.165) is 30.7 Å². The third-order valence-electron chi connectivity index (χ3n) is 7.15. The number of aromatic nitrogens is 3. The fourth-order valence-corrected chi connectivity index (χ4v) is 5.89. The van der Waals surface area contributed by atoms with Crippen LogP contribution in [0.25, 0.3) is 11.3 Å². The molecule has 0 bridgehead atoms. The second-order valence-corrected chi connectivity index (χ2v) is 12.9. The molecule has 3 aromatic rings. The Kier molecular flexibility index (Phi) is 8.62. The van der Waals surface area contributed by atoms with Gasteiger partial charge in [0.05, 0.1) is 48.7 Å². The van der Waals surface area contributed by atoms with Gasteiger partial charge >= 0.3 is 0 Å². The molecule has 0 aromatic carbocycles. The normalized spacial score (nSPS) is 21.2. The van der Waals surface area contributed by atoms with E-state index >= 15 is 0 Å². The molecule has 5 rings (SSSR count). The quantitative estimate of drug-likeness (QED) is 0.415. The zero-order chi connectivity index (χ0) is 30.0. The highest BCUT2D eigenvalue weighted by Gasteiger charge is 2.24. The smallest absolute Gasteiger partial charge is 0.222 e. The van der Waals surface area contributed by atoms with Gasteiger partial charge in [0.2, 0.25) is 5.91 Å². The van der Waals surface area contributed by atoms with Gasteiger partial charge in [-0.3, -0.25) is 9.78 Å². The van der Waals surface area contributed by atoms with E-state index in [1.807, 2.05) is 31.3 Å². The number of hydrogen-bond donors (Lipinski definition) is 2. The summed E-state index contributed by atoms with van der Waals surface area (Å²) in [7, 11) is -3.61. The number of sulfone groups is 1. The summed E-state index contributed by atoms with van der Waals surface area (Å²) >= 11 is 0.